The molecule has 4 aromatic rings. The lowest BCUT2D eigenvalue weighted by molar-refractivity contribution is -0.137. The number of H-pyrrole nitrogens is 1. The summed E-state index contributed by atoms with van der Waals surface area (Å²) in [7, 11) is 0. The Morgan fingerprint density at radius 2 is 1.57 bits per heavy atom. The van der Waals surface area contributed by atoms with Crippen molar-refractivity contribution in [2.75, 3.05) is 25.0 Å². The van der Waals surface area contributed by atoms with Crippen LogP contribution in [0.25, 0.3) is 10.9 Å². The second-order valence-corrected chi connectivity index (χ2v) is 10.2. The summed E-state index contributed by atoms with van der Waals surface area (Å²) in [5.74, 6) is -0.146. The lowest BCUT2D eigenvalue weighted by Gasteiger charge is -2.29. The summed E-state index contributed by atoms with van der Waals surface area (Å²) < 4.78 is 38.8. The van der Waals surface area contributed by atoms with Gasteiger partial charge in [0.2, 0.25) is 5.91 Å². The average molecular weight is 551 g/mol. The van der Waals surface area contributed by atoms with Gasteiger partial charge in [-0.1, -0.05) is 62.4 Å². The third kappa shape index (κ3) is 7.65. The summed E-state index contributed by atoms with van der Waals surface area (Å²) in [6, 6.07) is 21.3. The van der Waals surface area contributed by atoms with Crippen molar-refractivity contribution in [3.8, 4) is 0 Å². The Hall–Kier alpha value is -4.27. The number of rotatable bonds is 10. The largest absolute Gasteiger partial charge is 0.416 e. The second-order valence-electron chi connectivity index (χ2n) is 10.2. The van der Waals surface area contributed by atoms with Gasteiger partial charge < -0.3 is 20.1 Å². The zero-order chi connectivity index (χ0) is 28.7. The topological polar surface area (TPSA) is 68.4 Å². The van der Waals surface area contributed by atoms with Crippen molar-refractivity contribution in [3.05, 3.63) is 102 Å². The zero-order valence-electron chi connectivity index (χ0n) is 22.5. The number of urea groups is 1. The first-order valence-electron chi connectivity index (χ1n) is 13.2. The Labute approximate surface area is 231 Å². The second kappa shape index (κ2) is 12.7. The fourth-order valence-corrected chi connectivity index (χ4v) is 4.56. The number of nitrogens with one attached hydrogen (secondary N) is 2. The fraction of sp³-hybridized carbons (Fsp3) is 0.290. The van der Waals surface area contributed by atoms with Gasteiger partial charge in [-0.25, -0.2) is 4.79 Å². The first-order valence-corrected chi connectivity index (χ1v) is 13.2. The van der Waals surface area contributed by atoms with E-state index in [9.17, 15) is 22.8 Å². The summed E-state index contributed by atoms with van der Waals surface area (Å²) >= 11 is 0. The van der Waals surface area contributed by atoms with Crippen molar-refractivity contribution >= 4 is 28.5 Å². The monoisotopic (exact) mass is 550 g/mol. The van der Waals surface area contributed by atoms with Gasteiger partial charge in [0.15, 0.2) is 0 Å². The number of nitrogens with zero attached hydrogens (tertiary/aromatic N) is 2. The lowest BCUT2D eigenvalue weighted by Crippen LogP contribution is -2.46. The van der Waals surface area contributed by atoms with E-state index in [1.807, 2.05) is 74.6 Å². The molecule has 0 atom stereocenters. The molecule has 40 heavy (non-hydrogen) atoms. The number of halogens is 3. The van der Waals surface area contributed by atoms with Crippen molar-refractivity contribution in [2.24, 2.45) is 5.92 Å². The maximum absolute atomic E-state index is 13.6. The molecule has 3 amide bonds. The summed E-state index contributed by atoms with van der Waals surface area (Å²) in [5.41, 5.74) is 2.52. The van der Waals surface area contributed by atoms with E-state index in [4.69, 9.17) is 0 Å². The molecule has 1 aromatic heterocycles. The molecular weight excluding hydrogens is 517 g/mol. The SMILES string of the molecule is CC(C)CN(CC(=O)N(CCc1c[nH]c2ccccc12)Cc1ccccc1)C(=O)Nc1ccc(C(F)(F)F)cc1. The Morgan fingerprint density at radius 1 is 0.900 bits per heavy atom. The minimum absolute atomic E-state index is 0.0694. The molecule has 0 bridgehead atoms. The molecule has 0 aliphatic carbocycles. The highest BCUT2D eigenvalue weighted by Crippen LogP contribution is 2.30. The Balaban J connectivity index is 1.49. The molecule has 4 rings (SSSR count). The summed E-state index contributed by atoms with van der Waals surface area (Å²) in [4.78, 5) is 33.2. The van der Waals surface area contributed by atoms with E-state index in [0.717, 1.165) is 34.2 Å². The standard InChI is InChI=1S/C31H33F3N4O2/c1-22(2)19-38(30(40)36-26-14-12-25(13-15-26)31(32,33)34)21-29(39)37(20-23-8-4-3-5-9-23)17-16-24-18-35-28-11-7-6-10-27(24)28/h3-15,18,22,35H,16-17,19-21H2,1-2H3,(H,36,40). The summed E-state index contributed by atoms with van der Waals surface area (Å²) in [6.07, 6.45) is -1.88. The number of carbonyl (C=O) groups excluding carboxylic acids is 2. The van der Waals surface area contributed by atoms with E-state index in [1.54, 1.807) is 4.90 Å². The van der Waals surface area contributed by atoms with Gasteiger partial charge in [0, 0.05) is 42.4 Å². The third-order valence-corrected chi connectivity index (χ3v) is 6.56. The van der Waals surface area contributed by atoms with Crippen molar-refractivity contribution in [1.82, 2.24) is 14.8 Å². The highest BCUT2D eigenvalue weighted by molar-refractivity contribution is 5.92. The van der Waals surface area contributed by atoms with Crippen molar-refractivity contribution in [3.63, 3.8) is 0 Å². The molecule has 1 heterocycles. The summed E-state index contributed by atoms with van der Waals surface area (Å²) in [6.45, 7) is 4.85. The van der Waals surface area contributed by atoms with Crippen LogP contribution in [-0.4, -0.2) is 46.4 Å². The number of aromatic nitrogens is 1. The van der Waals surface area contributed by atoms with E-state index in [2.05, 4.69) is 10.3 Å². The van der Waals surface area contributed by atoms with Crippen LogP contribution in [0.5, 0.6) is 0 Å². The van der Waals surface area contributed by atoms with Gasteiger partial charge in [0.1, 0.15) is 6.54 Å². The molecule has 0 fully saturated rings. The molecule has 2 N–H and O–H groups in total. The van der Waals surface area contributed by atoms with E-state index in [0.29, 0.717) is 26.1 Å². The number of amides is 3. The van der Waals surface area contributed by atoms with E-state index in [1.165, 1.54) is 17.0 Å². The maximum atomic E-state index is 13.6. The molecule has 0 unspecified atom stereocenters. The highest BCUT2D eigenvalue weighted by Gasteiger charge is 2.30. The number of carbonyl (C=O) groups is 2. The minimum Gasteiger partial charge on any atom is -0.361 e. The van der Waals surface area contributed by atoms with Crippen molar-refractivity contribution in [2.45, 2.75) is 33.0 Å². The number of hydrogen-bond donors (Lipinski definition) is 2. The van der Waals surface area contributed by atoms with Crippen LogP contribution in [0.15, 0.2) is 85.1 Å². The van der Waals surface area contributed by atoms with Crippen LogP contribution in [0.4, 0.5) is 23.7 Å². The normalized spacial score (nSPS) is 11.6. The number of anilines is 1. The van der Waals surface area contributed by atoms with Crippen LogP contribution in [0.3, 0.4) is 0 Å². The first-order chi connectivity index (χ1) is 19.1. The molecule has 3 aromatic carbocycles. The van der Waals surface area contributed by atoms with Crippen molar-refractivity contribution < 1.29 is 22.8 Å². The Kier molecular flexibility index (Phi) is 9.14. The predicted octanol–water partition coefficient (Wildman–Crippen LogP) is 6.95. The van der Waals surface area contributed by atoms with Gasteiger partial charge in [-0.3, -0.25) is 4.79 Å². The van der Waals surface area contributed by atoms with Crippen LogP contribution in [-0.2, 0) is 23.9 Å². The number of para-hydroxylation sites is 1. The highest BCUT2D eigenvalue weighted by atomic mass is 19.4. The number of benzene rings is 3. The number of fused-ring (bicyclic) bond motifs is 1. The molecule has 0 radical (unpaired) electrons. The molecule has 0 aliphatic rings. The fourth-order valence-electron chi connectivity index (χ4n) is 4.56. The molecule has 6 nitrogen and oxygen atoms in total. The Morgan fingerprint density at radius 3 is 2.25 bits per heavy atom. The van der Waals surface area contributed by atoms with Gasteiger partial charge in [-0.15, -0.1) is 0 Å². The van der Waals surface area contributed by atoms with Crippen LogP contribution < -0.4 is 5.32 Å². The van der Waals surface area contributed by atoms with Crippen LogP contribution in [0.1, 0.15) is 30.5 Å². The Bertz CT molecular complexity index is 1420. The third-order valence-electron chi connectivity index (χ3n) is 6.56. The molecule has 0 saturated carbocycles. The molecule has 0 spiro atoms. The quantitative estimate of drug-likeness (QED) is 0.224. The van der Waals surface area contributed by atoms with Crippen LogP contribution >= 0.6 is 0 Å². The van der Waals surface area contributed by atoms with Gasteiger partial charge in [0.25, 0.3) is 0 Å². The van der Waals surface area contributed by atoms with Crippen LogP contribution in [0, 0.1) is 5.92 Å². The lowest BCUT2D eigenvalue weighted by atomic mass is 10.1. The van der Waals surface area contributed by atoms with Gasteiger partial charge >= 0.3 is 12.2 Å². The van der Waals surface area contributed by atoms with E-state index in [-0.39, 0.29) is 24.1 Å². The molecule has 0 saturated heterocycles. The van der Waals surface area contributed by atoms with Gasteiger partial charge in [-0.05, 0) is 53.8 Å². The number of alkyl halides is 3. The van der Waals surface area contributed by atoms with Gasteiger partial charge in [0.05, 0.1) is 5.56 Å². The van der Waals surface area contributed by atoms with E-state index >= 15 is 0 Å². The predicted molar refractivity (Wildman–Crippen MR) is 151 cm³/mol. The average Bonchev–Trinajstić information content (AvgIpc) is 3.34. The first kappa shape index (κ1) is 28.7. The van der Waals surface area contributed by atoms with E-state index < -0.39 is 17.8 Å². The zero-order valence-corrected chi connectivity index (χ0v) is 22.5. The molecular formula is C31H33F3N4O2. The minimum atomic E-state index is -4.46. The molecule has 210 valence electrons. The number of hydrogen-bond acceptors (Lipinski definition) is 2. The summed E-state index contributed by atoms with van der Waals surface area (Å²) in [5, 5.41) is 3.74. The molecule has 9 heteroatoms. The number of aromatic amines is 1. The van der Waals surface area contributed by atoms with Crippen molar-refractivity contribution in [1.29, 1.82) is 0 Å². The maximum Gasteiger partial charge on any atom is 0.416 e. The smallest absolute Gasteiger partial charge is 0.361 e. The van der Waals surface area contributed by atoms with Crippen LogP contribution in [0.2, 0.25) is 0 Å². The van der Waals surface area contributed by atoms with Gasteiger partial charge in [-0.2, -0.15) is 13.2 Å². The molecule has 0 aliphatic heterocycles.